The van der Waals surface area contributed by atoms with Gasteiger partial charge in [-0.25, -0.2) is 9.48 Å². The number of hydrogen-bond acceptors (Lipinski definition) is 4. The van der Waals surface area contributed by atoms with Gasteiger partial charge >= 0.3 is 11.8 Å². The first-order chi connectivity index (χ1) is 12.4. The van der Waals surface area contributed by atoms with Crippen LogP contribution in [-0.2, 0) is 6.18 Å². The zero-order valence-electron chi connectivity index (χ0n) is 13.1. The molecule has 0 fully saturated rings. The Balaban J connectivity index is 2.08. The van der Waals surface area contributed by atoms with Crippen LogP contribution >= 0.6 is 0 Å². The summed E-state index contributed by atoms with van der Waals surface area (Å²) in [7, 11) is 0. The second-order valence-electron chi connectivity index (χ2n) is 5.46. The fourth-order valence-corrected chi connectivity index (χ4v) is 2.61. The standard InChI is InChI=1S/C18H10F3N3O2/c19-18(20,21)14-13-15(24(23-14)12-9-5-2-6-10-12)22-16(26-17(13)25)11-7-3-1-4-8-11/h1-10H. The monoisotopic (exact) mass is 357 g/mol. The molecule has 0 bridgehead atoms. The Morgan fingerprint density at radius 3 is 2.15 bits per heavy atom. The van der Waals surface area contributed by atoms with E-state index in [1.165, 1.54) is 0 Å². The molecule has 2 aromatic heterocycles. The molecule has 26 heavy (non-hydrogen) atoms. The minimum atomic E-state index is -4.82. The summed E-state index contributed by atoms with van der Waals surface area (Å²) < 4.78 is 46.1. The fourth-order valence-electron chi connectivity index (χ4n) is 2.61. The van der Waals surface area contributed by atoms with E-state index in [9.17, 15) is 18.0 Å². The van der Waals surface area contributed by atoms with Crippen molar-refractivity contribution in [3.63, 3.8) is 0 Å². The van der Waals surface area contributed by atoms with Crippen LogP contribution in [0.3, 0.4) is 0 Å². The van der Waals surface area contributed by atoms with Gasteiger partial charge in [0.15, 0.2) is 11.3 Å². The summed E-state index contributed by atoms with van der Waals surface area (Å²) in [6, 6.07) is 16.6. The highest BCUT2D eigenvalue weighted by Crippen LogP contribution is 2.33. The van der Waals surface area contributed by atoms with E-state index in [2.05, 4.69) is 10.1 Å². The minimum Gasteiger partial charge on any atom is -0.403 e. The number of halogens is 3. The maximum atomic E-state index is 13.4. The summed E-state index contributed by atoms with van der Waals surface area (Å²) in [6.45, 7) is 0. The molecule has 0 aliphatic heterocycles. The SMILES string of the molecule is O=c1oc(-c2ccccc2)nc2c1c(C(F)(F)F)nn2-c1ccccc1. The third kappa shape index (κ3) is 2.65. The highest BCUT2D eigenvalue weighted by molar-refractivity contribution is 5.80. The number of nitrogens with zero attached hydrogens (tertiary/aromatic N) is 3. The van der Waals surface area contributed by atoms with Gasteiger partial charge in [0.1, 0.15) is 5.39 Å². The lowest BCUT2D eigenvalue weighted by atomic mass is 10.2. The van der Waals surface area contributed by atoms with E-state index in [0.29, 0.717) is 11.3 Å². The zero-order chi connectivity index (χ0) is 18.3. The van der Waals surface area contributed by atoms with Crippen molar-refractivity contribution in [3.8, 4) is 17.1 Å². The number of para-hydroxylation sites is 1. The van der Waals surface area contributed by atoms with Crippen molar-refractivity contribution in [1.82, 2.24) is 14.8 Å². The summed E-state index contributed by atoms with van der Waals surface area (Å²) in [4.78, 5) is 16.5. The first-order valence-corrected chi connectivity index (χ1v) is 7.57. The molecule has 0 amide bonds. The number of benzene rings is 2. The van der Waals surface area contributed by atoms with Gasteiger partial charge in [-0.2, -0.15) is 23.3 Å². The van der Waals surface area contributed by atoms with E-state index in [-0.39, 0.29) is 11.5 Å². The van der Waals surface area contributed by atoms with Gasteiger partial charge in [-0.15, -0.1) is 0 Å². The van der Waals surface area contributed by atoms with Gasteiger partial charge in [0.25, 0.3) is 0 Å². The molecule has 5 nitrogen and oxygen atoms in total. The van der Waals surface area contributed by atoms with Crippen LogP contribution in [-0.4, -0.2) is 14.8 Å². The molecule has 4 aromatic rings. The maximum Gasteiger partial charge on any atom is 0.436 e. The second kappa shape index (κ2) is 5.83. The van der Waals surface area contributed by atoms with Crippen molar-refractivity contribution in [2.24, 2.45) is 0 Å². The first-order valence-electron chi connectivity index (χ1n) is 7.57. The van der Waals surface area contributed by atoms with E-state index in [0.717, 1.165) is 4.68 Å². The summed E-state index contributed by atoms with van der Waals surface area (Å²) in [5.74, 6) is -0.0751. The summed E-state index contributed by atoms with van der Waals surface area (Å²) in [6.07, 6.45) is -4.82. The Morgan fingerprint density at radius 1 is 0.923 bits per heavy atom. The maximum absolute atomic E-state index is 13.4. The summed E-state index contributed by atoms with van der Waals surface area (Å²) >= 11 is 0. The largest absolute Gasteiger partial charge is 0.436 e. The van der Waals surface area contributed by atoms with Gasteiger partial charge in [0.2, 0.25) is 5.89 Å². The topological polar surface area (TPSA) is 60.9 Å². The van der Waals surface area contributed by atoms with Crippen LogP contribution in [0.1, 0.15) is 5.69 Å². The van der Waals surface area contributed by atoms with E-state index in [1.54, 1.807) is 60.7 Å². The van der Waals surface area contributed by atoms with E-state index in [1.807, 2.05) is 0 Å². The van der Waals surface area contributed by atoms with Gasteiger partial charge in [-0.05, 0) is 24.3 Å². The lowest BCUT2D eigenvalue weighted by molar-refractivity contribution is -0.140. The molecule has 2 aromatic carbocycles. The molecular weight excluding hydrogens is 347 g/mol. The van der Waals surface area contributed by atoms with Crippen LogP contribution in [0.5, 0.6) is 0 Å². The summed E-state index contributed by atoms with van der Waals surface area (Å²) in [5.41, 5.74) is -1.84. The molecule has 0 saturated carbocycles. The van der Waals surface area contributed by atoms with Gasteiger partial charge < -0.3 is 4.42 Å². The highest BCUT2D eigenvalue weighted by atomic mass is 19.4. The lowest BCUT2D eigenvalue weighted by Gasteiger charge is -2.03. The molecule has 8 heteroatoms. The fraction of sp³-hybridized carbons (Fsp3) is 0.0556. The van der Waals surface area contributed by atoms with Crippen molar-refractivity contribution in [3.05, 3.63) is 76.8 Å². The molecule has 0 radical (unpaired) electrons. The Labute approximate surface area is 144 Å². The van der Waals surface area contributed by atoms with Crippen LogP contribution in [0.2, 0.25) is 0 Å². The molecule has 130 valence electrons. The quantitative estimate of drug-likeness (QED) is 0.543. The molecular formula is C18H10F3N3O2. The average molecular weight is 357 g/mol. The molecule has 4 rings (SSSR count). The first kappa shape index (κ1) is 16.1. The molecule has 0 N–H and O–H groups in total. The van der Waals surface area contributed by atoms with Crippen LogP contribution < -0.4 is 5.63 Å². The van der Waals surface area contributed by atoms with Gasteiger partial charge in [0.05, 0.1) is 5.69 Å². The predicted octanol–water partition coefficient (Wildman–Crippen LogP) is 4.06. The van der Waals surface area contributed by atoms with Crippen molar-refractivity contribution in [2.45, 2.75) is 6.18 Å². The second-order valence-corrected chi connectivity index (χ2v) is 5.46. The number of alkyl halides is 3. The molecule has 0 saturated heterocycles. The molecule has 0 atom stereocenters. The minimum absolute atomic E-state index is 0.0751. The van der Waals surface area contributed by atoms with Gasteiger partial charge in [-0.3, -0.25) is 0 Å². The zero-order valence-corrected chi connectivity index (χ0v) is 13.1. The van der Waals surface area contributed by atoms with E-state index < -0.39 is 22.9 Å². The average Bonchev–Trinajstić information content (AvgIpc) is 3.04. The third-order valence-corrected chi connectivity index (χ3v) is 3.75. The Hall–Kier alpha value is -3.42. The molecule has 0 aliphatic rings. The van der Waals surface area contributed by atoms with Crippen LogP contribution in [0.25, 0.3) is 28.2 Å². The Morgan fingerprint density at radius 2 is 1.54 bits per heavy atom. The van der Waals surface area contributed by atoms with Crippen molar-refractivity contribution in [2.75, 3.05) is 0 Å². The van der Waals surface area contributed by atoms with Gasteiger partial charge in [-0.1, -0.05) is 36.4 Å². The number of aromatic nitrogens is 3. The van der Waals surface area contributed by atoms with Crippen molar-refractivity contribution in [1.29, 1.82) is 0 Å². The van der Waals surface area contributed by atoms with Crippen LogP contribution in [0.15, 0.2) is 69.9 Å². The summed E-state index contributed by atoms with van der Waals surface area (Å²) in [5, 5.41) is 2.90. The normalized spacial score (nSPS) is 11.8. The lowest BCUT2D eigenvalue weighted by Crippen LogP contribution is -2.11. The highest BCUT2D eigenvalue weighted by Gasteiger charge is 2.39. The van der Waals surface area contributed by atoms with Crippen LogP contribution in [0, 0.1) is 0 Å². The Kier molecular flexibility index (Phi) is 3.61. The number of rotatable bonds is 2. The van der Waals surface area contributed by atoms with E-state index >= 15 is 0 Å². The predicted molar refractivity (Wildman–Crippen MR) is 87.8 cm³/mol. The molecule has 0 aliphatic carbocycles. The van der Waals surface area contributed by atoms with Crippen LogP contribution in [0.4, 0.5) is 13.2 Å². The van der Waals surface area contributed by atoms with Crippen molar-refractivity contribution >= 4 is 11.0 Å². The smallest absolute Gasteiger partial charge is 0.403 e. The molecule has 0 unspecified atom stereocenters. The van der Waals surface area contributed by atoms with Gasteiger partial charge in [0, 0.05) is 5.56 Å². The number of hydrogen-bond donors (Lipinski definition) is 0. The molecule has 2 heterocycles. The van der Waals surface area contributed by atoms with E-state index in [4.69, 9.17) is 4.42 Å². The number of fused-ring (bicyclic) bond motifs is 1. The third-order valence-electron chi connectivity index (χ3n) is 3.75. The Bertz CT molecular complexity index is 1130. The van der Waals surface area contributed by atoms with Crippen molar-refractivity contribution < 1.29 is 17.6 Å². The molecule has 0 spiro atoms.